The second-order valence-electron chi connectivity index (χ2n) is 6.74. The zero-order valence-corrected chi connectivity index (χ0v) is 15.8. The predicted molar refractivity (Wildman–Crippen MR) is 103 cm³/mol. The number of hydrogen-bond donors (Lipinski definition) is 1. The van der Waals surface area contributed by atoms with Crippen LogP contribution in [0.25, 0.3) is 11.0 Å². The highest BCUT2D eigenvalue weighted by Gasteiger charge is 2.18. The van der Waals surface area contributed by atoms with E-state index < -0.39 is 17.2 Å². The average molecular weight is 413 g/mol. The molecule has 3 heterocycles. The predicted octanol–water partition coefficient (Wildman–Crippen LogP) is 2.98. The van der Waals surface area contributed by atoms with Crippen molar-refractivity contribution >= 4 is 17.0 Å². The minimum absolute atomic E-state index is 0.149. The van der Waals surface area contributed by atoms with Crippen LogP contribution in [-0.4, -0.2) is 33.8 Å². The van der Waals surface area contributed by atoms with Gasteiger partial charge in [-0.05, 0) is 31.0 Å². The van der Waals surface area contributed by atoms with Gasteiger partial charge >= 0.3 is 0 Å². The maximum absolute atomic E-state index is 13.9. The third-order valence-electron chi connectivity index (χ3n) is 4.69. The Morgan fingerprint density at radius 3 is 2.80 bits per heavy atom. The van der Waals surface area contributed by atoms with Gasteiger partial charge in [0.1, 0.15) is 18.0 Å². The first-order valence-corrected chi connectivity index (χ1v) is 9.30. The fourth-order valence-corrected chi connectivity index (χ4v) is 3.19. The monoisotopic (exact) mass is 413 g/mol. The van der Waals surface area contributed by atoms with Gasteiger partial charge in [0, 0.05) is 36.9 Å². The molecular weight excluding hydrogens is 396 g/mol. The smallest absolute Gasteiger partial charge is 0.296 e. The molecule has 0 bridgehead atoms. The maximum Gasteiger partial charge on any atom is 0.296 e. The van der Waals surface area contributed by atoms with E-state index in [9.17, 15) is 13.6 Å². The molecule has 0 aliphatic carbocycles. The van der Waals surface area contributed by atoms with Crippen molar-refractivity contribution in [3.8, 4) is 17.6 Å². The molecule has 1 aromatic carbocycles. The fourth-order valence-electron chi connectivity index (χ4n) is 3.19. The van der Waals surface area contributed by atoms with Crippen LogP contribution in [0.15, 0.2) is 35.3 Å². The van der Waals surface area contributed by atoms with Crippen molar-refractivity contribution in [2.24, 2.45) is 0 Å². The molecule has 0 unspecified atom stereocenters. The highest BCUT2D eigenvalue weighted by Crippen LogP contribution is 2.25. The lowest BCUT2D eigenvalue weighted by atomic mass is 10.1. The van der Waals surface area contributed by atoms with Crippen LogP contribution in [0, 0.1) is 23.0 Å². The third kappa shape index (κ3) is 4.06. The minimum Gasteiger partial charge on any atom is -0.448 e. The number of nitrogens with zero attached hydrogens (tertiary/aromatic N) is 4. The number of halogens is 2. The second-order valence-corrected chi connectivity index (χ2v) is 6.74. The summed E-state index contributed by atoms with van der Waals surface area (Å²) in [7, 11) is 0. The zero-order chi connectivity index (χ0) is 21.1. The van der Waals surface area contributed by atoms with Crippen LogP contribution in [0.1, 0.15) is 12.8 Å². The highest BCUT2D eigenvalue weighted by atomic mass is 19.1. The van der Waals surface area contributed by atoms with E-state index in [0.29, 0.717) is 30.6 Å². The summed E-state index contributed by atoms with van der Waals surface area (Å²) in [6.07, 6.45) is 3.11. The summed E-state index contributed by atoms with van der Waals surface area (Å²) in [6, 6.07) is 6.19. The first-order chi connectivity index (χ1) is 14.5. The summed E-state index contributed by atoms with van der Waals surface area (Å²) >= 11 is 0. The van der Waals surface area contributed by atoms with E-state index in [1.54, 1.807) is 0 Å². The minimum atomic E-state index is -0.950. The van der Waals surface area contributed by atoms with E-state index in [2.05, 4.69) is 15.3 Å². The number of fused-ring (bicyclic) bond motifs is 1. The summed E-state index contributed by atoms with van der Waals surface area (Å²) in [5.74, 6) is -1.92. The molecule has 8 nitrogen and oxygen atoms in total. The first-order valence-electron chi connectivity index (χ1n) is 9.30. The lowest BCUT2D eigenvalue weighted by molar-refractivity contribution is 0.0903. The van der Waals surface area contributed by atoms with E-state index in [1.165, 1.54) is 12.3 Å². The molecule has 1 aliphatic rings. The van der Waals surface area contributed by atoms with Crippen LogP contribution < -0.4 is 15.6 Å². The number of anilines is 1. The fraction of sp³-hybridized carbons (Fsp3) is 0.300. The Morgan fingerprint density at radius 1 is 1.27 bits per heavy atom. The number of nitrogens with one attached hydrogen (secondary N) is 1. The Bertz CT molecular complexity index is 1190. The van der Waals surface area contributed by atoms with E-state index in [-0.39, 0.29) is 29.7 Å². The molecular formula is C20H17F2N5O3. The van der Waals surface area contributed by atoms with Crippen LogP contribution in [0.4, 0.5) is 14.7 Å². The Hall–Kier alpha value is -3.58. The first kappa shape index (κ1) is 19.7. The number of hydrogen-bond acceptors (Lipinski definition) is 7. The number of pyridine rings is 1. The van der Waals surface area contributed by atoms with Gasteiger partial charge in [0.05, 0.1) is 6.07 Å². The van der Waals surface area contributed by atoms with Crippen molar-refractivity contribution in [3.63, 3.8) is 0 Å². The van der Waals surface area contributed by atoms with Gasteiger partial charge in [-0.25, -0.2) is 13.8 Å². The average Bonchev–Trinajstić information content (AvgIpc) is 2.74. The zero-order valence-electron chi connectivity index (χ0n) is 15.8. The summed E-state index contributed by atoms with van der Waals surface area (Å²) in [5.41, 5.74) is -0.415. The van der Waals surface area contributed by atoms with Crippen molar-refractivity contribution in [2.45, 2.75) is 25.4 Å². The van der Waals surface area contributed by atoms with E-state index >= 15 is 0 Å². The Labute approximate surface area is 169 Å². The van der Waals surface area contributed by atoms with E-state index in [4.69, 9.17) is 14.7 Å². The topological polar surface area (TPSA) is 102 Å². The van der Waals surface area contributed by atoms with Crippen LogP contribution in [0.5, 0.6) is 11.5 Å². The van der Waals surface area contributed by atoms with E-state index in [0.717, 1.165) is 29.5 Å². The SMILES string of the molecule is N#CCn1c(=O)c(Oc2ccc(F)cc2F)cc2cnc(NC3CCOCC3)nc21. The normalized spacial score (nSPS) is 14.4. The standard InChI is InChI=1S/C20H17F2N5O3/c21-13-1-2-16(15(22)10-13)30-17-9-12-11-24-20(25-14-3-7-29-8-4-14)26-18(12)27(6-5-23)19(17)28/h1-2,9-11,14H,3-4,6-8H2,(H,24,25,26). The second kappa shape index (κ2) is 8.42. The number of aromatic nitrogens is 3. The van der Waals surface area contributed by atoms with Crippen LogP contribution >= 0.6 is 0 Å². The molecule has 1 fully saturated rings. The number of ether oxygens (including phenoxy) is 2. The van der Waals surface area contributed by atoms with Crippen LogP contribution in [-0.2, 0) is 11.3 Å². The number of benzene rings is 1. The lowest BCUT2D eigenvalue weighted by Crippen LogP contribution is -2.29. The Morgan fingerprint density at radius 2 is 2.07 bits per heavy atom. The molecule has 4 rings (SSSR count). The molecule has 0 atom stereocenters. The van der Waals surface area contributed by atoms with Gasteiger partial charge in [-0.15, -0.1) is 0 Å². The molecule has 3 aromatic rings. The molecule has 2 aromatic heterocycles. The van der Waals surface area contributed by atoms with Gasteiger partial charge in [0.25, 0.3) is 5.56 Å². The molecule has 1 aliphatic heterocycles. The van der Waals surface area contributed by atoms with Gasteiger partial charge in [-0.1, -0.05) is 0 Å². The van der Waals surface area contributed by atoms with Gasteiger partial charge in [-0.3, -0.25) is 9.36 Å². The van der Waals surface area contributed by atoms with Crippen molar-refractivity contribution in [1.82, 2.24) is 14.5 Å². The van der Waals surface area contributed by atoms with Crippen molar-refractivity contribution in [2.75, 3.05) is 18.5 Å². The summed E-state index contributed by atoms with van der Waals surface area (Å²) in [5, 5.41) is 12.8. The molecule has 1 N–H and O–H groups in total. The van der Waals surface area contributed by atoms with Gasteiger partial charge in [-0.2, -0.15) is 10.2 Å². The summed E-state index contributed by atoms with van der Waals surface area (Å²) in [6.45, 7) is 1.00. The maximum atomic E-state index is 13.9. The summed E-state index contributed by atoms with van der Waals surface area (Å²) in [4.78, 5) is 21.5. The van der Waals surface area contributed by atoms with Crippen molar-refractivity contribution in [3.05, 3.63) is 52.5 Å². The largest absolute Gasteiger partial charge is 0.448 e. The number of rotatable bonds is 5. The van der Waals surface area contributed by atoms with Gasteiger partial charge in [0.15, 0.2) is 17.3 Å². The molecule has 30 heavy (non-hydrogen) atoms. The van der Waals surface area contributed by atoms with E-state index in [1.807, 2.05) is 6.07 Å². The molecule has 0 radical (unpaired) electrons. The van der Waals surface area contributed by atoms with Crippen molar-refractivity contribution < 1.29 is 18.3 Å². The molecule has 1 saturated heterocycles. The lowest BCUT2D eigenvalue weighted by Gasteiger charge is -2.23. The highest BCUT2D eigenvalue weighted by molar-refractivity contribution is 5.77. The van der Waals surface area contributed by atoms with Gasteiger partial charge in [0.2, 0.25) is 5.95 Å². The quantitative estimate of drug-likeness (QED) is 0.686. The van der Waals surface area contributed by atoms with Crippen LogP contribution in [0.3, 0.4) is 0 Å². The molecule has 0 saturated carbocycles. The third-order valence-corrected chi connectivity index (χ3v) is 4.69. The molecule has 154 valence electrons. The molecule has 0 amide bonds. The molecule has 0 spiro atoms. The number of nitriles is 1. The Kier molecular flexibility index (Phi) is 5.54. The summed E-state index contributed by atoms with van der Waals surface area (Å²) < 4.78 is 38.9. The molecule has 10 heteroatoms. The van der Waals surface area contributed by atoms with Crippen LogP contribution in [0.2, 0.25) is 0 Å². The van der Waals surface area contributed by atoms with Crippen molar-refractivity contribution in [1.29, 1.82) is 5.26 Å². The Balaban J connectivity index is 1.72. The van der Waals surface area contributed by atoms with Gasteiger partial charge < -0.3 is 14.8 Å².